The van der Waals surface area contributed by atoms with Gasteiger partial charge < -0.3 is 19.8 Å². The Labute approximate surface area is 127 Å². The van der Waals surface area contributed by atoms with Crippen molar-refractivity contribution < 1.29 is 27.4 Å². The average Bonchev–Trinajstić information content (AvgIpc) is 2.70. The van der Waals surface area contributed by atoms with Gasteiger partial charge in [0.05, 0.1) is 18.9 Å². The van der Waals surface area contributed by atoms with Crippen molar-refractivity contribution in [3.05, 3.63) is 17.0 Å². The maximum Gasteiger partial charge on any atom is 0.414 e. The average molecular weight is 322 g/mol. The molecule has 0 saturated heterocycles. The lowest BCUT2D eigenvalue weighted by molar-refractivity contribution is -0.213. The second-order valence-electron chi connectivity index (χ2n) is 4.83. The van der Waals surface area contributed by atoms with Gasteiger partial charge in [0.15, 0.2) is 6.10 Å². The van der Waals surface area contributed by atoms with Crippen LogP contribution in [0.5, 0.6) is 0 Å². The zero-order valence-electron chi connectivity index (χ0n) is 13.1. The predicted octanol–water partition coefficient (Wildman–Crippen LogP) is 3.19. The minimum atomic E-state index is -4.38. The lowest BCUT2D eigenvalue weighted by Crippen LogP contribution is -2.30. The van der Waals surface area contributed by atoms with E-state index in [2.05, 4.69) is 10.3 Å². The molecule has 1 atom stereocenters. The molecule has 1 heterocycles. The van der Waals surface area contributed by atoms with Gasteiger partial charge in [-0.25, -0.2) is 4.79 Å². The molecule has 1 aromatic rings. The summed E-state index contributed by atoms with van der Waals surface area (Å²) in [5, 5.41) is 2.92. The van der Waals surface area contributed by atoms with Crippen LogP contribution in [0.3, 0.4) is 0 Å². The molecule has 0 amide bonds. The predicted molar refractivity (Wildman–Crippen MR) is 76.2 cm³/mol. The number of aryl methyl sites for hydroxylation is 1. The van der Waals surface area contributed by atoms with E-state index in [1.807, 2.05) is 0 Å². The molecule has 1 aromatic heterocycles. The van der Waals surface area contributed by atoms with E-state index in [0.29, 0.717) is 5.69 Å². The first-order valence-electron chi connectivity index (χ1n) is 6.96. The number of esters is 1. The van der Waals surface area contributed by atoms with Crippen molar-refractivity contribution in [3.8, 4) is 0 Å². The highest BCUT2D eigenvalue weighted by atomic mass is 19.4. The van der Waals surface area contributed by atoms with Crippen molar-refractivity contribution >= 4 is 11.7 Å². The number of alkyl halides is 3. The maximum absolute atomic E-state index is 12.3. The smallest absolute Gasteiger partial charge is 0.414 e. The minimum Gasteiger partial charge on any atom is -0.461 e. The Morgan fingerprint density at radius 2 is 2.00 bits per heavy atom. The van der Waals surface area contributed by atoms with Crippen LogP contribution < -0.4 is 5.32 Å². The van der Waals surface area contributed by atoms with Crippen LogP contribution in [0.15, 0.2) is 0 Å². The fraction of sp³-hybridized carbons (Fsp3) is 0.643. The fourth-order valence-corrected chi connectivity index (χ4v) is 1.80. The molecule has 0 radical (unpaired) electrons. The molecule has 0 saturated carbocycles. The fourth-order valence-electron chi connectivity index (χ4n) is 1.80. The second kappa shape index (κ2) is 7.53. The quantitative estimate of drug-likeness (QED) is 0.598. The molecule has 0 aliphatic heterocycles. The number of aromatic nitrogens is 1. The molecule has 1 rings (SSSR count). The third-order valence-electron chi connectivity index (χ3n) is 3.21. The Kier molecular flexibility index (Phi) is 6.28. The summed E-state index contributed by atoms with van der Waals surface area (Å²) in [4.78, 5) is 14.7. The Balaban J connectivity index is 2.64. The van der Waals surface area contributed by atoms with Gasteiger partial charge >= 0.3 is 12.1 Å². The third-order valence-corrected chi connectivity index (χ3v) is 3.21. The zero-order chi connectivity index (χ0) is 16.9. The number of hydrogen-bond acceptors (Lipinski definition) is 4. The highest BCUT2D eigenvalue weighted by Crippen LogP contribution is 2.25. The molecule has 0 aromatic carbocycles. The number of anilines is 1. The molecule has 1 unspecified atom stereocenters. The van der Waals surface area contributed by atoms with Crippen LogP contribution in [-0.4, -0.2) is 43.0 Å². The van der Waals surface area contributed by atoms with Crippen LogP contribution in [0.25, 0.3) is 0 Å². The topological polar surface area (TPSA) is 63.4 Å². The summed E-state index contributed by atoms with van der Waals surface area (Å²) in [5.41, 5.74) is 2.39. The van der Waals surface area contributed by atoms with E-state index in [9.17, 15) is 18.0 Å². The highest BCUT2D eigenvalue weighted by Gasteiger charge is 2.36. The number of aromatic amines is 1. The molecule has 5 nitrogen and oxygen atoms in total. The second-order valence-corrected chi connectivity index (χ2v) is 4.83. The van der Waals surface area contributed by atoms with Crippen molar-refractivity contribution in [2.75, 3.05) is 25.1 Å². The van der Waals surface area contributed by atoms with Crippen LogP contribution in [0.4, 0.5) is 18.9 Å². The molecule has 0 aliphatic carbocycles. The van der Waals surface area contributed by atoms with E-state index in [0.717, 1.165) is 18.2 Å². The van der Waals surface area contributed by atoms with Gasteiger partial charge in [-0.05, 0) is 33.3 Å². The standard InChI is InChI=1S/C14H21F3N2O3/c1-5-21-13(20)12-11(8(2)9(3)19-12)18-6-7-22-10(4)14(15,16)17/h10,18-19H,5-7H2,1-4H3. The van der Waals surface area contributed by atoms with Crippen LogP contribution in [0, 0.1) is 13.8 Å². The van der Waals surface area contributed by atoms with Gasteiger partial charge in [-0.3, -0.25) is 0 Å². The molecule has 0 bridgehead atoms. The molecule has 22 heavy (non-hydrogen) atoms. The summed E-state index contributed by atoms with van der Waals surface area (Å²) in [6.07, 6.45) is -6.20. The third kappa shape index (κ3) is 4.66. The Bertz CT molecular complexity index is 512. The summed E-state index contributed by atoms with van der Waals surface area (Å²) in [5.74, 6) is -0.509. The Hall–Kier alpha value is -1.70. The zero-order valence-corrected chi connectivity index (χ0v) is 13.1. The number of H-pyrrole nitrogens is 1. The normalized spacial score (nSPS) is 13.0. The van der Waals surface area contributed by atoms with Gasteiger partial charge in [0.1, 0.15) is 5.69 Å². The summed E-state index contributed by atoms with van der Waals surface area (Å²) < 4.78 is 46.6. The van der Waals surface area contributed by atoms with Crippen molar-refractivity contribution in [2.24, 2.45) is 0 Å². The van der Waals surface area contributed by atoms with E-state index in [1.54, 1.807) is 20.8 Å². The van der Waals surface area contributed by atoms with E-state index in [-0.39, 0.29) is 25.5 Å². The van der Waals surface area contributed by atoms with Gasteiger partial charge in [0.2, 0.25) is 0 Å². The van der Waals surface area contributed by atoms with Crippen molar-refractivity contribution in [2.45, 2.75) is 40.0 Å². The Morgan fingerprint density at radius 3 is 2.55 bits per heavy atom. The van der Waals surface area contributed by atoms with Gasteiger partial charge in [0.25, 0.3) is 0 Å². The monoisotopic (exact) mass is 322 g/mol. The molecule has 0 aliphatic rings. The first-order valence-corrected chi connectivity index (χ1v) is 6.96. The summed E-state index contributed by atoms with van der Waals surface area (Å²) in [6, 6.07) is 0. The number of hydrogen-bond donors (Lipinski definition) is 2. The lowest BCUT2D eigenvalue weighted by Gasteiger charge is -2.17. The number of carbonyl (C=O) groups is 1. The van der Waals surface area contributed by atoms with Crippen LogP contribution >= 0.6 is 0 Å². The number of nitrogens with one attached hydrogen (secondary N) is 2. The van der Waals surface area contributed by atoms with E-state index < -0.39 is 18.2 Å². The van der Waals surface area contributed by atoms with E-state index in [4.69, 9.17) is 9.47 Å². The van der Waals surface area contributed by atoms with Crippen molar-refractivity contribution in [1.82, 2.24) is 4.98 Å². The summed E-state index contributed by atoms with van der Waals surface area (Å²) >= 11 is 0. The largest absolute Gasteiger partial charge is 0.461 e. The first-order chi connectivity index (χ1) is 10.2. The molecule has 0 spiro atoms. The lowest BCUT2D eigenvalue weighted by atomic mass is 10.2. The van der Waals surface area contributed by atoms with Crippen LogP contribution in [0.2, 0.25) is 0 Å². The number of rotatable bonds is 7. The van der Waals surface area contributed by atoms with Crippen molar-refractivity contribution in [3.63, 3.8) is 0 Å². The molecule has 2 N–H and O–H groups in total. The van der Waals surface area contributed by atoms with Gasteiger partial charge in [-0.15, -0.1) is 0 Å². The number of carbonyl (C=O) groups excluding carboxylic acids is 1. The summed E-state index contributed by atoms with van der Waals surface area (Å²) in [7, 11) is 0. The number of halogens is 3. The van der Waals surface area contributed by atoms with Crippen LogP contribution in [-0.2, 0) is 9.47 Å². The highest BCUT2D eigenvalue weighted by molar-refractivity contribution is 5.95. The molecular weight excluding hydrogens is 301 g/mol. The van der Waals surface area contributed by atoms with Gasteiger partial charge in [-0.1, -0.05) is 0 Å². The van der Waals surface area contributed by atoms with Gasteiger partial charge in [0, 0.05) is 12.2 Å². The Morgan fingerprint density at radius 1 is 1.36 bits per heavy atom. The van der Waals surface area contributed by atoms with Gasteiger partial charge in [-0.2, -0.15) is 13.2 Å². The van der Waals surface area contributed by atoms with E-state index >= 15 is 0 Å². The van der Waals surface area contributed by atoms with Crippen molar-refractivity contribution in [1.29, 1.82) is 0 Å². The van der Waals surface area contributed by atoms with E-state index in [1.165, 1.54) is 0 Å². The number of ether oxygens (including phenoxy) is 2. The molecule has 8 heteroatoms. The molecule has 126 valence electrons. The molecular formula is C14H21F3N2O3. The molecule has 0 fully saturated rings. The minimum absolute atomic E-state index is 0.132. The SMILES string of the molecule is CCOC(=O)c1[nH]c(C)c(C)c1NCCOC(C)C(F)(F)F. The first kappa shape index (κ1) is 18.3. The maximum atomic E-state index is 12.3. The van der Waals surface area contributed by atoms with Crippen LogP contribution in [0.1, 0.15) is 35.6 Å². The summed E-state index contributed by atoms with van der Waals surface area (Å²) in [6.45, 7) is 6.50.